The molecule has 3 aromatic rings. The zero-order chi connectivity index (χ0) is 24.8. The molecule has 1 aliphatic heterocycles. The monoisotopic (exact) mass is 491 g/mol. The third kappa shape index (κ3) is 5.81. The van der Waals surface area contributed by atoms with Gasteiger partial charge < -0.3 is 5.32 Å². The fourth-order valence-corrected chi connectivity index (χ4v) is 5.97. The smallest absolute Gasteiger partial charge is 0.255 e. The molecule has 1 fully saturated rings. The number of carbonyl (C=O) groups is 1. The molecule has 0 aromatic heterocycles. The maximum atomic E-state index is 13.4. The Kier molecular flexibility index (Phi) is 8.00. The number of hydrogen-bond acceptors (Lipinski definition) is 4. The minimum atomic E-state index is -3.69. The molecule has 0 saturated carbocycles. The lowest BCUT2D eigenvalue weighted by atomic mass is 10.0. The zero-order valence-electron chi connectivity index (χ0n) is 20.4. The number of sulfonamides is 1. The second-order valence-corrected chi connectivity index (χ2v) is 10.7. The van der Waals surface area contributed by atoms with Crippen LogP contribution >= 0.6 is 0 Å². The van der Waals surface area contributed by atoms with Gasteiger partial charge in [0.25, 0.3) is 5.91 Å². The molecular formula is C28H33N3O3S. The van der Waals surface area contributed by atoms with Crippen molar-refractivity contribution in [3.05, 3.63) is 95.1 Å². The number of hydrogen-bond donors (Lipinski definition) is 1. The molecule has 0 aliphatic carbocycles. The van der Waals surface area contributed by atoms with Crippen LogP contribution in [0.2, 0.25) is 0 Å². The molecule has 4 rings (SSSR count). The minimum absolute atomic E-state index is 0.154. The van der Waals surface area contributed by atoms with E-state index in [1.54, 1.807) is 18.2 Å². The van der Waals surface area contributed by atoms with Gasteiger partial charge in [0.1, 0.15) is 0 Å². The Morgan fingerprint density at radius 2 is 1.46 bits per heavy atom. The predicted molar refractivity (Wildman–Crippen MR) is 140 cm³/mol. The summed E-state index contributed by atoms with van der Waals surface area (Å²) in [6.45, 7) is 7.10. The van der Waals surface area contributed by atoms with Crippen molar-refractivity contribution < 1.29 is 13.2 Å². The van der Waals surface area contributed by atoms with Crippen LogP contribution in [0.5, 0.6) is 0 Å². The highest BCUT2D eigenvalue weighted by atomic mass is 32.2. The summed E-state index contributed by atoms with van der Waals surface area (Å²) in [5.74, 6) is -0.301. The van der Waals surface area contributed by atoms with Gasteiger partial charge in [-0.1, -0.05) is 68.4 Å². The first-order valence-corrected chi connectivity index (χ1v) is 13.6. The Labute approximate surface area is 208 Å². The largest absolute Gasteiger partial charge is 0.321 e. The first-order valence-electron chi connectivity index (χ1n) is 12.2. The second kappa shape index (κ2) is 11.2. The molecule has 1 N–H and O–H groups in total. The van der Waals surface area contributed by atoms with Gasteiger partial charge in [-0.25, -0.2) is 8.42 Å². The molecule has 0 bridgehead atoms. The van der Waals surface area contributed by atoms with Crippen LogP contribution in [-0.4, -0.2) is 49.7 Å². The quantitative estimate of drug-likeness (QED) is 0.501. The summed E-state index contributed by atoms with van der Waals surface area (Å²) in [6, 6.07) is 22.6. The van der Waals surface area contributed by atoms with Crippen molar-refractivity contribution in [2.75, 3.05) is 31.5 Å². The number of rotatable bonds is 8. The number of nitrogens with one attached hydrogen (secondary N) is 1. The van der Waals surface area contributed by atoms with Crippen molar-refractivity contribution in [1.29, 1.82) is 0 Å². The van der Waals surface area contributed by atoms with E-state index < -0.39 is 10.0 Å². The summed E-state index contributed by atoms with van der Waals surface area (Å²) < 4.78 is 28.2. The van der Waals surface area contributed by atoms with Gasteiger partial charge in [0.05, 0.1) is 4.90 Å². The molecule has 0 unspecified atom stereocenters. The molecule has 1 heterocycles. The Balaban J connectivity index is 1.46. The Morgan fingerprint density at radius 3 is 2.09 bits per heavy atom. The van der Waals surface area contributed by atoms with E-state index in [1.165, 1.54) is 15.9 Å². The van der Waals surface area contributed by atoms with E-state index in [2.05, 4.69) is 36.2 Å². The van der Waals surface area contributed by atoms with Crippen LogP contribution in [0.3, 0.4) is 0 Å². The van der Waals surface area contributed by atoms with Gasteiger partial charge in [-0.05, 0) is 47.7 Å². The number of piperazine rings is 1. The molecule has 35 heavy (non-hydrogen) atoms. The average Bonchev–Trinajstić information content (AvgIpc) is 2.89. The van der Waals surface area contributed by atoms with E-state index in [9.17, 15) is 13.2 Å². The van der Waals surface area contributed by atoms with Crippen molar-refractivity contribution in [3.8, 4) is 0 Å². The van der Waals surface area contributed by atoms with Crippen molar-refractivity contribution in [2.45, 2.75) is 38.1 Å². The van der Waals surface area contributed by atoms with Crippen molar-refractivity contribution in [1.82, 2.24) is 9.21 Å². The van der Waals surface area contributed by atoms with Gasteiger partial charge in [-0.2, -0.15) is 4.31 Å². The molecule has 184 valence electrons. The third-order valence-corrected chi connectivity index (χ3v) is 8.45. The fourth-order valence-electron chi connectivity index (χ4n) is 4.51. The van der Waals surface area contributed by atoms with Crippen LogP contribution < -0.4 is 5.32 Å². The predicted octanol–water partition coefficient (Wildman–Crippen LogP) is 4.57. The summed E-state index contributed by atoms with van der Waals surface area (Å²) in [5, 5.41) is 3.03. The summed E-state index contributed by atoms with van der Waals surface area (Å²) >= 11 is 0. The first-order chi connectivity index (χ1) is 16.9. The Morgan fingerprint density at radius 1 is 0.829 bits per heavy atom. The molecule has 1 aliphatic rings. The topological polar surface area (TPSA) is 69.7 Å². The highest BCUT2D eigenvalue weighted by Gasteiger charge is 2.29. The van der Waals surface area contributed by atoms with Crippen LogP contribution in [0, 0.1) is 0 Å². The van der Waals surface area contributed by atoms with Crippen LogP contribution in [0.4, 0.5) is 5.69 Å². The van der Waals surface area contributed by atoms with E-state index in [0.29, 0.717) is 31.7 Å². The van der Waals surface area contributed by atoms with E-state index >= 15 is 0 Å². The number of carbonyl (C=O) groups excluding carboxylic acids is 1. The van der Waals surface area contributed by atoms with Gasteiger partial charge in [-0.3, -0.25) is 9.69 Å². The van der Waals surface area contributed by atoms with E-state index in [4.69, 9.17) is 0 Å². The summed E-state index contributed by atoms with van der Waals surface area (Å²) in [5.41, 5.74) is 4.51. The third-order valence-electron chi connectivity index (χ3n) is 6.55. The first kappa shape index (κ1) is 25.1. The lowest BCUT2D eigenvalue weighted by Gasteiger charge is -2.34. The molecule has 1 saturated heterocycles. The van der Waals surface area contributed by atoms with Crippen molar-refractivity contribution >= 4 is 21.6 Å². The van der Waals surface area contributed by atoms with Crippen LogP contribution in [0.25, 0.3) is 0 Å². The molecule has 0 radical (unpaired) electrons. The zero-order valence-corrected chi connectivity index (χ0v) is 21.2. The van der Waals surface area contributed by atoms with Gasteiger partial charge >= 0.3 is 0 Å². The molecule has 1 amide bonds. The normalized spacial score (nSPS) is 15.1. The van der Waals surface area contributed by atoms with Gasteiger partial charge in [-0.15, -0.1) is 0 Å². The lowest BCUT2D eigenvalue weighted by molar-refractivity contribution is 0.102. The van der Waals surface area contributed by atoms with E-state index in [1.807, 2.05) is 36.4 Å². The standard InChI is InChI=1S/C28H33N3O3S/c1-3-23-12-8-13-24(4-2)27(23)29-28(32)25-14-9-15-26(20-25)35(33,34)31-18-16-30(17-19-31)21-22-10-6-5-7-11-22/h5-15,20H,3-4,16-19,21H2,1-2H3,(H,29,32). The maximum absolute atomic E-state index is 13.4. The summed E-state index contributed by atoms with van der Waals surface area (Å²) in [7, 11) is -3.69. The van der Waals surface area contributed by atoms with Crippen LogP contribution in [0.15, 0.2) is 77.7 Å². The highest BCUT2D eigenvalue weighted by molar-refractivity contribution is 7.89. The average molecular weight is 492 g/mol. The van der Waals surface area contributed by atoms with Crippen molar-refractivity contribution in [2.24, 2.45) is 0 Å². The van der Waals surface area contributed by atoms with E-state index in [-0.39, 0.29) is 10.8 Å². The number of amides is 1. The molecule has 7 heteroatoms. The molecule has 6 nitrogen and oxygen atoms in total. The highest BCUT2D eigenvalue weighted by Crippen LogP contribution is 2.25. The summed E-state index contributed by atoms with van der Waals surface area (Å²) in [4.78, 5) is 15.5. The molecule has 3 aromatic carbocycles. The Hall–Kier alpha value is -3.00. The minimum Gasteiger partial charge on any atom is -0.321 e. The lowest BCUT2D eigenvalue weighted by Crippen LogP contribution is -2.48. The fraction of sp³-hybridized carbons (Fsp3) is 0.321. The van der Waals surface area contributed by atoms with Crippen molar-refractivity contribution in [3.63, 3.8) is 0 Å². The van der Waals surface area contributed by atoms with Gasteiger partial charge in [0.15, 0.2) is 0 Å². The molecule has 0 spiro atoms. The molecule has 0 atom stereocenters. The van der Waals surface area contributed by atoms with Gasteiger partial charge in [0, 0.05) is 44.0 Å². The number of anilines is 1. The van der Waals surface area contributed by atoms with E-state index in [0.717, 1.165) is 36.2 Å². The molecular weight excluding hydrogens is 458 g/mol. The second-order valence-electron chi connectivity index (χ2n) is 8.81. The maximum Gasteiger partial charge on any atom is 0.255 e. The summed E-state index contributed by atoms with van der Waals surface area (Å²) in [6.07, 6.45) is 1.60. The number of aryl methyl sites for hydroxylation is 2. The Bertz CT molecular complexity index is 1250. The van der Waals surface area contributed by atoms with Crippen LogP contribution in [0.1, 0.15) is 40.9 Å². The SMILES string of the molecule is CCc1cccc(CC)c1NC(=O)c1cccc(S(=O)(=O)N2CCN(Cc3ccccc3)CC2)c1. The number of benzene rings is 3. The number of nitrogens with zero attached hydrogens (tertiary/aromatic N) is 2. The van der Waals surface area contributed by atoms with Gasteiger partial charge in [0.2, 0.25) is 10.0 Å². The number of para-hydroxylation sites is 1. The van der Waals surface area contributed by atoms with Crippen LogP contribution in [-0.2, 0) is 29.4 Å².